The number of halogens is 1. The lowest BCUT2D eigenvalue weighted by Crippen LogP contribution is -2.22. The van der Waals surface area contributed by atoms with Crippen molar-refractivity contribution >= 4 is 8.07 Å². The third-order valence-electron chi connectivity index (χ3n) is 3.12. The van der Waals surface area contributed by atoms with E-state index in [-0.39, 0.29) is 11.6 Å². The molecule has 2 aromatic rings. The quantitative estimate of drug-likeness (QED) is 0.654. The van der Waals surface area contributed by atoms with Crippen LogP contribution in [0.15, 0.2) is 30.6 Å². The lowest BCUT2D eigenvalue weighted by atomic mass is 10.1. The Hall–Kier alpha value is -1.66. The van der Waals surface area contributed by atoms with Crippen molar-refractivity contribution in [3.05, 3.63) is 36.4 Å². The van der Waals surface area contributed by atoms with Crippen LogP contribution in [0.2, 0.25) is 25.7 Å². The second kappa shape index (κ2) is 6.40. The Kier molecular flexibility index (Phi) is 4.79. The molecule has 21 heavy (non-hydrogen) atoms. The second-order valence-corrected chi connectivity index (χ2v) is 11.9. The van der Waals surface area contributed by atoms with Crippen molar-refractivity contribution in [3.8, 4) is 16.9 Å². The van der Waals surface area contributed by atoms with Gasteiger partial charge in [0, 0.05) is 32.0 Å². The molecule has 0 aliphatic heterocycles. The fraction of sp³-hybridized carbons (Fsp3) is 0.400. The molecule has 1 aromatic carbocycles. The number of rotatable bonds is 6. The molecule has 0 fully saturated rings. The summed E-state index contributed by atoms with van der Waals surface area (Å²) in [4.78, 5) is 0. The number of hydrogen-bond acceptors (Lipinski definition) is 3. The molecule has 0 radical (unpaired) electrons. The Labute approximate surface area is 125 Å². The smallest absolute Gasteiger partial charge is 0.139 e. The van der Waals surface area contributed by atoms with Gasteiger partial charge < -0.3 is 9.84 Å². The minimum absolute atomic E-state index is 0.0376. The van der Waals surface area contributed by atoms with Gasteiger partial charge >= 0.3 is 0 Å². The highest BCUT2D eigenvalue weighted by Crippen LogP contribution is 2.29. The van der Waals surface area contributed by atoms with Gasteiger partial charge in [-0.15, -0.1) is 0 Å². The summed E-state index contributed by atoms with van der Waals surface area (Å²) in [7, 11) is -1.09. The van der Waals surface area contributed by atoms with Gasteiger partial charge in [0.25, 0.3) is 0 Å². The standard InChI is InChI=1S/C15H21FN2O2Si/c1-21(2,3)7-6-20-11-18-10-12(9-17-18)14-8-13(16)4-5-15(14)19/h4-5,8-10,19H,6-7,11H2,1-3H3. The van der Waals surface area contributed by atoms with Gasteiger partial charge in [0.2, 0.25) is 0 Å². The molecule has 2 rings (SSSR count). The third-order valence-corrected chi connectivity index (χ3v) is 4.83. The van der Waals surface area contributed by atoms with E-state index in [0.717, 1.165) is 12.7 Å². The highest BCUT2D eigenvalue weighted by atomic mass is 28.3. The Morgan fingerprint density at radius 3 is 2.81 bits per heavy atom. The average molecular weight is 308 g/mol. The van der Waals surface area contributed by atoms with E-state index in [1.807, 2.05) is 0 Å². The first-order valence-corrected chi connectivity index (χ1v) is 10.6. The number of phenols is 1. The zero-order chi connectivity index (χ0) is 15.5. The van der Waals surface area contributed by atoms with Gasteiger partial charge in [-0.05, 0) is 24.2 Å². The minimum atomic E-state index is -1.09. The molecule has 0 atom stereocenters. The number of aromatic hydroxyl groups is 1. The van der Waals surface area contributed by atoms with Crippen LogP contribution in [0.25, 0.3) is 11.1 Å². The summed E-state index contributed by atoms with van der Waals surface area (Å²) in [6, 6.07) is 4.96. The van der Waals surface area contributed by atoms with E-state index >= 15 is 0 Å². The second-order valence-electron chi connectivity index (χ2n) is 6.28. The van der Waals surface area contributed by atoms with Crippen LogP contribution in [0.3, 0.4) is 0 Å². The van der Waals surface area contributed by atoms with Crippen LogP contribution in [0.4, 0.5) is 4.39 Å². The number of benzene rings is 1. The molecule has 114 valence electrons. The van der Waals surface area contributed by atoms with Crippen LogP contribution < -0.4 is 0 Å². The molecule has 1 aromatic heterocycles. The van der Waals surface area contributed by atoms with Crippen LogP contribution in [-0.2, 0) is 11.5 Å². The van der Waals surface area contributed by atoms with Crippen LogP contribution >= 0.6 is 0 Å². The first-order valence-electron chi connectivity index (χ1n) is 6.94. The Bertz CT molecular complexity index is 608. The Morgan fingerprint density at radius 2 is 2.10 bits per heavy atom. The van der Waals surface area contributed by atoms with Crippen molar-refractivity contribution in [2.45, 2.75) is 32.4 Å². The average Bonchev–Trinajstić information content (AvgIpc) is 2.85. The number of aromatic nitrogens is 2. The highest BCUT2D eigenvalue weighted by molar-refractivity contribution is 6.76. The summed E-state index contributed by atoms with van der Waals surface area (Å²) in [6.07, 6.45) is 3.33. The van der Waals surface area contributed by atoms with Crippen molar-refractivity contribution in [1.29, 1.82) is 0 Å². The molecule has 0 aliphatic rings. The molecule has 0 amide bonds. The topological polar surface area (TPSA) is 47.3 Å². The van der Waals surface area contributed by atoms with E-state index in [9.17, 15) is 9.50 Å². The van der Waals surface area contributed by atoms with E-state index in [1.54, 1.807) is 17.1 Å². The first kappa shape index (κ1) is 15.7. The Balaban J connectivity index is 1.97. The van der Waals surface area contributed by atoms with Crippen molar-refractivity contribution in [2.75, 3.05) is 6.61 Å². The maximum atomic E-state index is 13.2. The summed E-state index contributed by atoms with van der Waals surface area (Å²) in [6.45, 7) is 7.98. The molecule has 0 saturated heterocycles. The SMILES string of the molecule is C[Si](C)(C)CCOCn1cc(-c2cc(F)ccc2O)cn1. The minimum Gasteiger partial charge on any atom is -0.507 e. The van der Waals surface area contributed by atoms with Crippen LogP contribution in [0, 0.1) is 5.82 Å². The fourth-order valence-corrected chi connectivity index (χ4v) is 2.61. The predicted octanol–water partition coefficient (Wildman–Crippen LogP) is 3.71. The van der Waals surface area contributed by atoms with E-state index in [2.05, 4.69) is 24.7 Å². The molecule has 1 N–H and O–H groups in total. The fourth-order valence-electron chi connectivity index (χ4n) is 1.85. The molecule has 0 saturated carbocycles. The molecule has 4 nitrogen and oxygen atoms in total. The summed E-state index contributed by atoms with van der Waals surface area (Å²) in [5.74, 6) is -0.350. The number of ether oxygens (including phenoxy) is 1. The van der Waals surface area contributed by atoms with Gasteiger partial charge in [0.15, 0.2) is 0 Å². The monoisotopic (exact) mass is 308 g/mol. The maximum absolute atomic E-state index is 13.2. The lowest BCUT2D eigenvalue weighted by molar-refractivity contribution is 0.0786. The van der Waals surface area contributed by atoms with Gasteiger partial charge in [-0.2, -0.15) is 5.10 Å². The number of phenolic OH excluding ortho intramolecular Hbond substituents is 1. The summed E-state index contributed by atoms with van der Waals surface area (Å²) < 4.78 is 20.5. The van der Waals surface area contributed by atoms with E-state index in [0.29, 0.717) is 17.9 Å². The van der Waals surface area contributed by atoms with Gasteiger partial charge in [-0.25, -0.2) is 9.07 Å². The largest absolute Gasteiger partial charge is 0.507 e. The molecular formula is C15H21FN2O2Si. The van der Waals surface area contributed by atoms with Gasteiger partial charge in [-0.1, -0.05) is 19.6 Å². The lowest BCUT2D eigenvalue weighted by Gasteiger charge is -2.15. The number of hydrogen-bond donors (Lipinski definition) is 1. The van der Waals surface area contributed by atoms with Gasteiger partial charge in [0.1, 0.15) is 18.3 Å². The Morgan fingerprint density at radius 1 is 1.33 bits per heavy atom. The normalized spacial score (nSPS) is 11.8. The molecular weight excluding hydrogens is 287 g/mol. The molecule has 0 bridgehead atoms. The zero-order valence-electron chi connectivity index (χ0n) is 12.6. The number of nitrogens with zero attached hydrogens (tertiary/aromatic N) is 2. The van der Waals surface area contributed by atoms with Crippen molar-refractivity contribution < 1.29 is 14.2 Å². The first-order chi connectivity index (χ1) is 9.85. The van der Waals surface area contributed by atoms with Crippen molar-refractivity contribution in [3.63, 3.8) is 0 Å². The van der Waals surface area contributed by atoms with E-state index in [1.165, 1.54) is 18.2 Å². The van der Waals surface area contributed by atoms with Crippen molar-refractivity contribution in [2.24, 2.45) is 0 Å². The third kappa shape index (κ3) is 4.68. The summed E-state index contributed by atoms with van der Waals surface area (Å²) >= 11 is 0. The summed E-state index contributed by atoms with van der Waals surface area (Å²) in [5, 5.41) is 13.9. The molecule has 6 heteroatoms. The van der Waals surface area contributed by atoms with Crippen LogP contribution in [0.5, 0.6) is 5.75 Å². The van der Waals surface area contributed by atoms with Gasteiger partial charge in [-0.3, -0.25) is 0 Å². The summed E-state index contributed by atoms with van der Waals surface area (Å²) in [5.41, 5.74) is 1.10. The van der Waals surface area contributed by atoms with Crippen LogP contribution in [0.1, 0.15) is 0 Å². The van der Waals surface area contributed by atoms with Crippen molar-refractivity contribution in [1.82, 2.24) is 9.78 Å². The van der Waals surface area contributed by atoms with Crippen LogP contribution in [-0.4, -0.2) is 29.6 Å². The molecule has 1 heterocycles. The predicted molar refractivity (Wildman–Crippen MR) is 83.4 cm³/mol. The molecule has 0 unspecified atom stereocenters. The zero-order valence-corrected chi connectivity index (χ0v) is 13.6. The molecule has 0 aliphatic carbocycles. The van der Waals surface area contributed by atoms with Gasteiger partial charge in [0.05, 0.1) is 6.20 Å². The maximum Gasteiger partial charge on any atom is 0.139 e. The molecule has 0 spiro atoms. The highest BCUT2D eigenvalue weighted by Gasteiger charge is 2.12. The van der Waals surface area contributed by atoms with E-state index in [4.69, 9.17) is 4.74 Å². The van der Waals surface area contributed by atoms with E-state index < -0.39 is 8.07 Å².